The van der Waals surface area contributed by atoms with Gasteiger partial charge in [-0.05, 0) is 29.9 Å². The van der Waals surface area contributed by atoms with Crippen molar-refractivity contribution in [3.63, 3.8) is 0 Å². The fraction of sp³-hybridized carbons (Fsp3) is 0.318. The summed E-state index contributed by atoms with van der Waals surface area (Å²) in [6, 6.07) is 13.8. The molecule has 2 aromatic heterocycles. The van der Waals surface area contributed by atoms with E-state index in [-0.39, 0.29) is 18.6 Å². The quantitative estimate of drug-likeness (QED) is 0.538. The van der Waals surface area contributed by atoms with E-state index in [9.17, 15) is 9.59 Å². The second-order valence-electron chi connectivity index (χ2n) is 6.71. The van der Waals surface area contributed by atoms with Gasteiger partial charge in [-0.1, -0.05) is 50.2 Å². The molecule has 0 aliphatic carbocycles. The maximum atomic E-state index is 12.7. The SMILES string of the molecule is CCC(CC)NC(=O)COC(=O)c1cn(Cc2ccccc2)nc1-c1cccs1. The zero-order valence-corrected chi connectivity index (χ0v) is 17.4. The summed E-state index contributed by atoms with van der Waals surface area (Å²) in [5, 5.41) is 9.40. The first-order valence-corrected chi connectivity index (χ1v) is 10.6. The van der Waals surface area contributed by atoms with Crippen LogP contribution >= 0.6 is 11.3 Å². The van der Waals surface area contributed by atoms with Gasteiger partial charge in [0.25, 0.3) is 5.91 Å². The van der Waals surface area contributed by atoms with Crippen LogP contribution in [0.4, 0.5) is 0 Å². The largest absolute Gasteiger partial charge is 0.452 e. The van der Waals surface area contributed by atoms with Crippen LogP contribution in [-0.2, 0) is 16.1 Å². The zero-order valence-electron chi connectivity index (χ0n) is 16.6. The highest BCUT2D eigenvalue weighted by Gasteiger charge is 2.21. The number of thiophene rings is 1. The smallest absolute Gasteiger partial charge is 0.342 e. The summed E-state index contributed by atoms with van der Waals surface area (Å²) in [5.41, 5.74) is 2.01. The van der Waals surface area contributed by atoms with E-state index in [1.54, 1.807) is 10.9 Å². The Morgan fingerprint density at radius 2 is 1.90 bits per heavy atom. The Morgan fingerprint density at radius 3 is 2.55 bits per heavy atom. The first kappa shape index (κ1) is 20.8. The van der Waals surface area contributed by atoms with Crippen LogP contribution in [0.1, 0.15) is 42.6 Å². The van der Waals surface area contributed by atoms with Crippen LogP contribution in [0.5, 0.6) is 0 Å². The molecule has 2 heterocycles. The summed E-state index contributed by atoms with van der Waals surface area (Å²) >= 11 is 1.50. The van der Waals surface area contributed by atoms with E-state index in [0.717, 1.165) is 23.3 Å². The van der Waals surface area contributed by atoms with E-state index in [1.165, 1.54) is 11.3 Å². The van der Waals surface area contributed by atoms with Crippen LogP contribution in [0.15, 0.2) is 54.0 Å². The van der Waals surface area contributed by atoms with Crippen molar-refractivity contribution in [2.24, 2.45) is 0 Å². The molecule has 0 radical (unpaired) electrons. The average Bonchev–Trinajstić information content (AvgIpc) is 3.41. The van der Waals surface area contributed by atoms with Gasteiger partial charge in [-0.2, -0.15) is 5.10 Å². The molecule has 1 amide bonds. The van der Waals surface area contributed by atoms with E-state index in [0.29, 0.717) is 17.8 Å². The van der Waals surface area contributed by atoms with Crippen LogP contribution < -0.4 is 5.32 Å². The van der Waals surface area contributed by atoms with Gasteiger partial charge >= 0.3 is 5.97 Å². The first-order chi connectivity index (χ1) is 14.1. The lowest BCUT2D eigenvalue weighted by Gasteiger charge is -2.14. The van der Waals surface area contributed by atoms with E-state index < -0.39 is 5.97 Å². The number of amides is 1. The summed E-state index contributed by atoms with van der Waals surface area (Å²) in [6.07, 6.45) is 3.36. The van der Waals surface area contributed by atoms with Crippen LogP contribution in [0.2, 0.25) is 0 Å². The predicted molar refractivity (Wildman–Crippen MR) is 114 cm³/mol. The highest BCUT2D eigenvalue weighted by Crippen LogP contribution is 2.27. The molecule has 3 aromatic rings. The highest BCUT2D eigenvalue weighted by molar-refractivity contribution is 7.13. The van der Waals surface area contributed by atoms with Crippen LogP contribution in [0, 0.1) is 0 Å². The Hall–Kier alpha value is -2.93. The second-order valence-corrected chi connectivity index (χ2v) is 7.66. The fourth-order valence-electron chi connectivity index (χ4n) is 2.99. The number of carbonyl (C=O) groups is 2. The van der Waals surface area contributed by atoms with Crippen molar-refractivity contribution < 1.29 is 14.3 Å². The number of esters is 1. The van der Waals surface area contributed by atoms with Crippen molar-refractivity contribution in [3.8, 4) is 10.6 Å². The number of benzene rings is 1. The number of aromatic nitrogens is 2. The third-order valence-electron chi connectivity index (χ3n) is 4.61. The summed E-state index contributed by atoms with van der Waals surface area (Å²) in [4.78, 5) is 25.6. The fourth-order valence-corrected chi connectivity index (χ4v) is 3.71. The Labute approximate surface area is 174 Å². The lowest BCUT2D eigenvalue weighted by atomic mass is 10.2. The van der Waals surface area contributed by atoms with Gasteiger partial charge in [0.2, 0.25) is 0 Å². The van der Waals surface area contributed by atoms with E-state index in [2.05, 4.69) is 10.4 Å². The van der Waals surface area contributed by atoms with Crippen molar-refractivity contribution in [1.82, 2.24) is 15.1 Å². The summed E-state index contributed by atoms with van der Waals surface area (Å²) in [7, 11) is 0. The Morgan fingerprint density at radius 1 is 1.14 bits per heavy atom. The van der Waals surface area contributed by atoms with Crippen molar-refractivity contribution in [3.05, 3.63) is 65.2 Å². The van der Waals surface area contributed by atoms with Gasteiger partial charge in [-0.3, -0.25) is 9.48 Å². The maximum absolute atomic E-state index is 12.7. The molecule has 152 valence electrons. The molecule has 0 aliphatic rings. The predicted octanol–water partition coefficient (Wildman–Crippen LogP) is 4.12. The van der Waals surface area contributed by atoms with Gasteiger partial charge in [-0.15, -0.1) is 11.3 Å². The molecule has 0 atom stereocenters. The molecule has 0 aliphatic heterocycles. The minimum atomic E-state index is -0.549. The van der Waals surface area contributed by atoms with Gasteiger partial charge in [0.15, 0.2) is 6.61 Å². The number of hydrogen-bond donors (Lipinski definition) is 1. The molecule has 6 nitrogen and oxygen atoms in total. The van der Waals surface area contributed by atoms with Crippen LogP contribution in [0.25, 0.3) is 10.6 Å². The highest BCUT2D eigenvalue weighted by atomic mass is 32.1. The normalized spacial score (nSPS) is 10.9. The molecule has 0 unspecified atom stereocenters. The molecule has 1 aromatic carbocycles. The number of nitrogens with one attached hydrogen (secondary N) is 1. The average molecular weight is 412 g/mol. The molecule has 0 spiro atoms. The Bertz CT molecular complexity index is 932. The summed E-state index contributed by atoms with van der Waals surface area (Å²) in [6.45, 7) is 4.26. The minimum Gasteiger partial charge on any atom is -0.452 e. The first-order valence-electron chi connectivity index (χ1n) is 9.72. The monoisotopic (exact) mass is 411 g/mol. The summed E-state index contributed by atoms with van der Waals surface area (Å²) < 4.78 is 7.01. The van der Waals surface area contributed by atoms with Crippen molar-refractivity contribution in [2.45, 2.75) is 39.3 Å². The second kappa shape index (κ2) is 10.0. The molecular weight excluding hydrogens is 386 g/mol. The maximum Gasteiger partial charge on any atom is 0.342 e. The molecule has 0 bridgehead atoms. The minimum absolute atomic E-state index is 0.0940. The number of hydrogen-bond acceptors (Lipinski definition) is 5. The molecule has 1 N–H and O–H groups in total. The van der Waals surface area contributed by atoms with Crippen LogP contribution in [-0.4, -0.2) is 34.3 Å². The van der Waals surface area contributed by atoms with Gasteiger partial charge < -0.3 is 10.1 Å². The van der Waals surface area contributed by atoms with Crippen LogP contribution in [0.3, 0.4) is 0 Å². The molecule has 0 saturated carbocycles. The van der Waals surface area contributed by atoms with E-state index in [4.69, 9.17) is 4.74 Å². The molecular formula is C22H25N3O3S. The van der Waals surface area contributed by atoms with Crippen molar-refractivity contribution in [1.29, 1.82) is 0 Å². The molecule has 3 rings (SSSR count). The lowest BCUT2D eigenvalue weighted by Crippen LogP contribution is -2.36. The third-order valence-corrected chi connectivity index (χ3v) is 5.49. The number of rotatable bonds is 9. The molecule has 29 heavy (non-hydrogen) atoms. The Kier molecular flexibility index (Phi) is 7.19. The number of carbonyl (C=O) groups excluding carboxylic acids is 2. The van der Waals surface area contributed by atoms with E-state index >= 15 is 0 Å². The third kappa shape index (κ3) is 5.54. The van der Waals surface area contributed by atoms with Gasteiger partial charge in [-0.25, -0.2) is 4.79 Å². The Balaban J connectivity index is 1.74. The molecule has 0 saturated heterocycles. The lowest BCUT2D eigenvalue weighted by molar-refractivity contribution is -0.125. The summed E-state index contributed by atoms with van der Waals surface area (Å²) in [5.74, 6) is -0.839. The molecule has 0 fully saturated rings. The van der Waals surface area contributed by atoms with Gasteiger partial charge in [0, 0.05) is 12.2 Å². The zero-order chi connectivity index (χ0) is 20.6. The number of ether oxygens (including phenoxy) is 1. The molecule has 7 heteroatoms. The topological polar surface area (TPSA) is 73.2 Å². The van der Waals surface area contributed by atoms with Crippen molar-refractivity contribution >= 4 is 23.2 Å². The number of nitrogens with zero attached hydrogens (tertiary/aromatic N) is 2. The van der Waals surface area contributed by atoms with Crippen molar-refractivity contribution in [2.75, 3.05) is 6.61 Å². The van der Waals surface area contributed by atoms with Gasteiger partial charge in [0.05, 0.1) is 11.4 Å². The standard InChI is InChI=1S/C22H25N3O3S/c1-3-17(4-2)23-20(26)15-28-22(27)18-14-25(13-16-9-6-5-7-10-16)24-21(18)19-11-8-12-29-19/h5-12,14,17H,3-4,13,15H2,1-2H3,(H,23,26). The van der Waals surface area contributed by atoms with Gasteiger partial charge in [0.1, 0.15) is 11.3 Å². The van der Waals surface area contributed by atoms with E-state index in [1.807, 2.05) is 61.7 Å².